The largest absolute Gasteiger partial charge is 0.456 e. The standard InChI is InChI=1S/C45H33B5N4O/c46-38-37(39(47)41(49)42(50)40(38)48)26-15-18-30-29-13-7-8-14-33(29)54(34(30)21-26)28-17-20-32-31-19-16-27(22-35(31)55-36(32)23-28)45-52-43(24-9-3-1-4-10-24)51-44(53-45)25-11-5-2-6-12-25/h1-23H,46-50H2. The minimum Gasteiger partial charge on any atom is -0.456 e. The Balaban J connectivity index is 1.12. The molecule has 10 aromatic rings. The van der Waals surface area contributed by atoms with Gasteiger partial charge in [-0.1, -0.05) is 108 Å². The lowest BCUT2D eigenvalue weighted by Crippen LogP contribution is -2.55. The Morgan fingerprint density at radius 3 is 1.53 bits per heavy atom. The van der Waals surface area contributed by atoms with Crippen LogP contribution in [0.2, 0.25) is 0 Å². The Kier molecular flexibility index (Phi) is 7.70. The number of hydrogen-bond donors (Lipinski definition) is 0. The van der Waals surface area contributed by atoms with Crippen molar-refractivity contribution < 1.29 is 4.42 Å². The molecule has 3 aromatic heterocycles. The van der Waals surface area contributed by atoms with Crippen molar-refractivity contribution in [1.29, 1.82) is 0 Å². The van der Waals surface area contributed by atoms with Gasteiger partial charge in [-0.2, -0.15) is 0 Å². The van der Waals surface area contributed by atoms with Crippen LogP contribution in [0, 0.1) is 0 Å². The SMILES string of the molecule is Bc1c(B)c(B)c(-c2ccc3c4ccccc4n(-c4ccc5c(c4)oc4cc(-c6nc(-c7ccccc7)nc(-c7ccccc7)n6)ccc45)c3c2)c(B)c1B. The van der Waals surface area contributed by atoms with Gasteiger partial charge in [-0.05, 0) is 47.5 Å². The lowest BCUT2D eigenvalue weighted by Gasteiger charge is -2.20. The second-order valence-electron chi connectivity index (χ2n) is 14.6. The molecule has 0 radical (unpaired) electrons. The molecule has 0 aliphatic carbocycles. The topological polar surface area (TPSA) is 56.7 Å². The monoisotopic (exact) mass is 700 g/mol. The molecule has 7 aromatic carbocycles. The Labute approximate surface area is 323 Å². The normalized spacial score (nSPS) is 11.6. The molecule has 0 bridgehead atoms. The van der Waals surface area contributed by atoms with E-state index >= 15 is 0 Å². The van der Waals surface area contributed by atoms with Gasteiger partial charge in [0.05, 0.1) is 11.0 Å². The number of aromatic nitrogens is 4. The van der Waals surface area contributed by atoms with Gasteiger partial charge < -0.3 is 8.98 Å². The predicted octanol–water partition coefficient (Wildman–Crippen LogP) is 2.83. The average Bonchev–Trinajstić information content (AvgIpc) is 3.77. The highest BCUT2D eigenvalue weighted by Gasteiger charge is 2.19. The predicted molar refractivity (Wildman–Crippen MR) is 244 cm³/mol. The molecule has 0 atom stereocenters. The quantitative estimate of drug-likeness (QED) is 0.260. The van der Waals surface area contributed by atoms with Gasteiger partial charge in [0.2, 0.25) is 0 Å². The van der Waals surface area contributed by atoms with Crippen molar-refractivity contribution in [3.8, 4) is 51.0 Å². The molecule has 0 amide bonds. The van der Waals surface area contributed by atoms with Gasteiger partial charge in [0.25, 0.3) is 0 Å². The number of para-hydroxylation sites is 1. The van der Waals surface area contributed by atoms with E-state index in [-0.39, 0.29) is 0 Å². The fourth-order valence-electron chi connectivity index (χ4n) is 8.32. The Hall–Kier alpha value is -6.53. The zero-order valence-corrected chi connectivity index (χ0v) is 31.5. The van der Waals surface area contributed by atoms with Crippen molar-refractivity contribution >= 4 is 110 Å². The third kappa shape index (κ3) is 5.35. The van der Waals surface area contributed by atoms with Crippen molar-refractivity contribution in [1.82, 2.24) is 19.5 Å². The number of hydrogen-bond acceptors (Lipinski definition) is 4. The highest BCUT2D eigenvalue weighted by atomic mass is 16.3. The van der Waals surface area contributed by atoms with E-state index in [0.717, 1.165) is 49.8 Å². The first-order chi connectivity index (χ1) is 26.8. The highest BCUT2D eigenvalue weighted by Crippen LogP contribution is 2.37. The summed E-state index contributed by atoms with van der Waals surface area (Å²) in [6.07, 6.45) is 0. The summed E-state index contributed by atoms with van der Waals surface area (Å²) in [5.74, 6) is 1.86. The third-order valence-corrected chi connectivity index (χ3v) is 11.6. The van der Waals surface area contributed by atoms with Crippen LogP contribution in [-0.2, 0) is 0 Å². The molecule has 0 saturated heterocycles. The summed E-state index contributed by atoms with van der Waals surface area (Å²) in [5.41, 5.74) is 17.1. The maximum atomic E-state index is 6.68. The van der Waals surface area contributed by atoms with Gasteiger partial charge >= 0.3 is 0 Å². The first kappa shape index (κ1) is 33.1. The summed E-state index contributed by atoms with van der Waals surface area (Å²) in [4.78, 5) is 14.8. The number of fused-ring (bicyclic) bond motifs is 6. The van der Waals surface area contributed by atoms with Crippen molar-refractivity contribution in [3.63, 3.8) is 0 Å². The van der Waals surface area contributed by atoms with E-state index in [1.165, 1.54) is 54.7 Å². The van der Waals surface area contributed by atoms with Crippen LogP contribution in [0.3, 0.4) is 0 Å². The fourth-order valence-corrected chi connectivity index (χ4v) is 8.32. The number of benzene rings is 7. The second-order valence-corrected chi connectivity index (χ2v) is 14.6. The smallest absolute Gasteiger partial charge is 0.164 e. The number of furan rings is 1. The zero-order valence-electron chi connectivity index (χ0n) is 31.5. The summed E-state index contributed by atoms with van der Waals surface area (Å²) in [6.45, 7) is 0. The molecule has 10 rings (SSSR count). The van der Waals surface area contributed by atoms with Gasteiger partial charge in [0.1, 0.15) is 50.4 Å². The van der Waals surface area contributed by atoms with Gasteiger partial charge in [0, 0.05) is 50.0 Å². The van der Waals surface area contributed by atoms with Crippen molar-refractivity contribution in [2.45, 2.75) is 0 Å². The summed E-state index contributed by atoms with van der Waals surface area (Å²) < 4.78 is 9.07. The summed E-state index contributed by atoms with van der Waals surface area (Å²) >= 11 is 0. The maximum Gasteiger partial charge on any atom is 0.164 e. The molecule has 10 heteroatoms. The molecule has 0 N–H and O–H groups in total. The van der Waals surface area contributed by atoms with Crippen molar-refractivity contribution in [2.75, 3.05) is 0 Å². The lowest BCUT2D eigenvalue weighted by atomic mass is 9.59. The van der Waals surface area contributed by atoms with Crippen LogP contribution in [0.25, 0.3) is 94.7 Å². The minimum atomic E-state index is 0.598. The number of nitrogens with zero attached hydrogens (tertiary/aromatic N) is 4. The molecule has 0 aliphatic rings. The zero-order chi connectivity index (χ0) is 37.4. The van der Waals surface area contributed by atoms with Crippen LogP contribution in [0.1, 0.15) is 0 Å². The van der Waals surface area contributed by atoms with E-state index < -0.39 is 0 Å². The van der Waals surface area contributed by atoms with Crippen LogP contribution in [-0.4, -0.2) is 58.8 Å². The Morgan fingerprint density at radius 1 is 0.382 bits per heavy atom. The van der Waals surface area contributed by atoms with Gasteiger partial charge in [0.15, 0.2) is 17.5 Å². The molecule has 5 nitrogen and oxygen atoms in total. The van der Waals surface area contributed by atoms with Gasteiger partial charge in [-0.3, -0.25) is 0 Å². The fraction of sp³-hybridized carbons (Fsp3) is 0. The molecule has 0 spiro atoms. The van der Waals surface area contributed by atoms with Crippen LogP contribution in [0.15, 0.2) is 144 Å². The van der Waals surface area contributed by atoms with Gasteiger partial charge in [-0.25, -0.2) is 15.0 Å². The van der Waals surface area contributed by atoms with Crippen LogP contribution < -0.4 is 27.3 Å². The molecule has 0 fully saturated rings. The molecule has 55 heavy (non-hydrogen) atoms. The molecular formula is C45H33B5N4O. The molecule has 0 unspecified atom stereocenters. The molecule has 254 valence electrons. The first-order valence-corrected chi connectivity index (χ1v) is 18.8. The Morgan fingerprint density at radius 2 is 0.873 bits per heavy atom. The molecule has 3 heterocycles. The highest BCUT2D eigenvalue weighted by molar-refractivity contribution is 6.68. The number of rotatable bonds is 5. The average molecular weight is 700 g/mol. The summed E-state index contributed by atoms with van der Waals surface area (Å²) in [5, 5.41) is 4.57. The summed E-state index contributed by atoms with van der Waals surface area (Å²) in [7, 11) is 11.2. The minimum absolute atomic E-state index is 0.598. The molecule has 0 aliphatic heterocycles. The third-order valence-electron chi connectivity index (χ3n) is 11.6. The van der Waals surface area contributed by atoms with Crippen LogP contribution >= 0.6 is 0 Å². The van der Waals surface area contributed by atoms with Crippen molar-refractivity contribution in [3.05, 3.63) is 140 Å². The van der Waals surface area contributed by atoms with Crippen molar-refractivity contribution in [2.24, 2.45) is 0 Å². The first-order valence-electron chi connectivity index (χ1n) is 18.8. The van der Waals surface area contributed by atoms with E-state index in [0.29, 0.717) is 17.5 Å². The lowest BCUT2D eigenvalue weighted by molar-refractivity contribution is 0.668. The van der Waals surface area contributed by atoms with E-state index in [9.17, 15) is 0 Å². The maximum absolute atomic E-state index is 6.68. The van der Waals surface area contributed by atoms with E-state index in [1.54, 1.807) is 0 Å². The van der Waals surface area contributed by atoms with Crippen LogP contribution in [0.4, 0.5) is 0 Å². The van der Waals surface area contributed by atoms with E-state index in [1.807, 2.05) is 60.7 Å². The molecule has 0 saturated carbocycles. The van der Waals surface area contributed by atoms with E-state index in [4.69, 9.17) is 19.4 Å². The van der Waals surface area contributed by atoms with Crippen LogP contribution in [0.5, 0.6) is 0 Å². The van der Waals surface area contributed by atoms with Gasteiger partial charge in [-0.15, -0.1) is 16.4 Å². The summed E-state index contributed by atoms with van der Waals surface area (Å²) in [6, 6.07) is 48.6. The molecular weight excluding hydrogens is 667 g/mol. The van der Waals surface area contributed by atoms with E-state index in [2.05, 4.69) is 123 Å². The second kappa shape index (κ2) is 12.8. The Bertz CT molecular complexity index is 3070.